The molecular formula is C46H51N9O9S. The number of rotatable bonds is 12. The lowest BCUT2D eigenvalue weighted by Gasteiger charge is -2.55. The third-order valence-electron chi connectivity index (χ3n) is 14.4. The van der Waals surface area contributed by atoms with Crippen LogP contribution in [0.3, 0.4) is 0 Å². The number of imide groups is 1. The van der Waals surface area contributed by atoms with Gasteiger partial charge in [0.15, 0.2) is 22.0 Å². The molecule has 2 N–H and O–H groups in total. The van der Waals surface area contributed by atoms with Crippen LogP contribution < -0.4 is 34.0 Å². The fourth-order valence-electron chi connectivity index (χ4n) is 11.0. The second-order valence-corrected chi connectivity index (χ2v) is 19.9. The highest BCUT2D eigenvalue weighted by Gasteiger charge is 2.47. The molecule has 0 saturated carbocycles. The first-order chi connectivity index (χ1) is 31.5. The summed E-state index contributed by atoms with van der Waals surface area (Å²) >= 11 is 0. The van der Waals surface area contributed by atoms with Crippen LogP contribution in [0, 0.1) is 11.3 Å². The van der Waals surface area contributed by atoms with Crippen LogP contribution >= 0.6 is 0 Å². The van der Waals surface area contributed by atoms with Crippen LogP contribution in [0.5, 0.6) is 17.2 Å². The van der Waals surface area contributed by atoms with Crippen LogP contribution in [0.2, 0.25) is 0 Å². The van der Waals surface area contributed by atoms with Gasteiger partial charge in [0.05, 0.1) is 33.1 Å². The molecule has 11 rings (SSSR count). The molecule has 0 bridgehead atoms. The summed E-state index contributed by atoms with van der Waals surface area (Å²) in [5.74, 6) is 0.601. The van der Waals surface area contributed by atoms with Crippen molar-refractivity contribution in [3.63, 3.8) is 0 Å². The average Bonchev–Trinajstić information content (AvgIpc) is 4.15. The van der Waals surface area contributed by atoms with Crippen molar-refractivity contribution in [2.75, 3.05) is 81.2 Å². The van der Waals surface area contributed by atoms with Gasteiger partial charge in [-0.25, -0.2) is 8.42 Å². The molecule has 1 spiro atoms. The largest absolute Gasteiger partial charge is 0.495 e. The molecule has 4 saturated heterocycles. The van der Waals surface area contributed by atoms with Crippen LogP contribution in [0.1, 0.15) is 59.2 Å². The average molecular weight is 906 g/mol. The zero-order valence-corrected chi connectivity index (χ0v) is 37.2. The molecule has 2 aromatic heterocycles. The Morgan fingerprint density at radius 1 is 0.985 bits per heavy atom. The van der Waals surface area contributed by atoms with Crippen LogP contribution in [0.4, 0.5) is 17.2 Å². The molecule has 340 valence electrons. The first-order valence-corrected chi connectivity index (χ1v) is 23.8. The summed E-state index contributed by atoms with van der Waals surface area (Å²) < 4.78 is 56.6. The van der Waals surface area contributed by atoms with Crippen LogP contribution in [-0.2, 0) is 39.1 Å². The third kappa shape index (κ3) is 7.28. The number of ether oxygens (including phenoxy) is 3. The van der Waals surface area contributed by atoms with Gasteiger partial charge in [0.2, 0.25) is 11.8 Å². The fraction of sp³-hybridized carbons (Fsp3) is 0.457. The smallest absolute Gasteiger partial charge is 0.270 e. The van der Waals surface area contributed by atoms with Gasteiger partial charge in [-0.3, -0.25) is 29.1 Å². The zero-order chi connectivity index (χ0) is 44.6. The summed E-state index contributed by atoms with van der Waals surface area (Å²) in [6, 6.07) is 12.6. The van der Waals surface area contributed by atoms with Crippen molar-refractivity contribution in [3.8, 4) is 17.2 Å². The molecule has 2 atom stereocenters. The maximum absolute atomic E-state index is 14.4. The van der Waals surface area contributed by atoms with Gasteiger partial charge in [0, 0.05) is 86.7 Å². The number of hydrogen-bond donors (Lipinski definition) is 2. The van der Waals surface area contributed by atoms with E-state index in [2.05, 4.69) is 41.1 Å². The molecule has 3 amide bonds. The van der Waals surface area contributed by atoms with Crippen molar-refractivity contribution in [1.82, 2.24) is 30.1 Å². The molecule has 0 radical (unpaired) electrons. The highest BCUT2D eigenvalue weighted by atomic mass is 32.2. The Morgan fingerprint density at radius 3 is 2.60 bits per heavy atom. The number of hydrogen-bond acceptors (Lipinski definition) is 14. The summed E-state index contributed by atoms with van der Waals surface area (Å²) in [5.41, 5.74) is 5.79. The molecule has 4 fully saturated rings. The summed E-state index contributed by atoms with van der Waals surface area (Å²) in [5, 5.41) is 11.3. The Labute approximate surface area is 375 Å². The fourth-order valence-corrected chi connectivity index (χ4v) is 12.3. The maximum Gasteiger partial charge on any atom is 0.270 e. The molecule has 65 heavy (non-hydrogen) atoms. The number of carbonyl (C=O) groups excluding carboxylic acids is 3. The molecule has 3 aromatic carbocycles. The minimum Gasteiger partial charge on any atom is -0.495 e. The summed E-state index contributed by atoms with van der Waals surface area (Å²) in [7, 11) is -1.41. The lowest BCUT2D eigenvalue weighted by Crippen LogP contribution is -2.60. The van der Waals surface area contributed by atoms with Gasteiger partial charge in [-0.15, -0.1) is 0 Å². The number of aromatic nitrogens is 3. The first-order valence-electron chi connectivity index (χ1n) is 22.3. The lowest BCUT2D eigenvalue weighted by atomic mass is 9.71. The molecule has 0 aliphatic carbocycles. The van der Waals surface area contributed by atoms with E-state index in [0.717, 1.165) is 87.5 Å². The van der Waals surface area contributed by atoms with Gasteiger partial charge in [-0.2, -0.15) is 5.10 Å². The van der Waals surface area contributed by atoms with E-state index in [1.165, 1.54) is 14.2 Å². The van der Waals surface area contributed by atoms with E-state index in [1.807, 2.05) is 41.2 Å². The number of benzene rings is 3. The quantitative estimate of drug-likeness (QED) is 0.171. The number of anilines is 3. The van der Waals surface area contributed by atoms with Gasteiger partial charge in [0.1, 0.15) is 22.9 Å². The Morgan fingerprint density at radius 2 is 1.83 bits per heavy atom. The van der Waals surface area contributed by atoms with Gasteiger partial charge in [-0.1, -0.05) is 5.16 Å². The first kappa shape index (κ1) is 41.4. The van der Waals surface area contributed by atoms with Gasteiger partial charge in [-0.05, 0) is 98.3 Å². The van der Waals surface area contributed by atoms with E-state index >= 15 is 0 Å². The number of piperidine rings is 2. The number of sulfonamides is 1. The molecule has 19 heteroatoms. The Kier molecular flexibility index (Phi) is 10.2. The van der Waals surface area contributed by atoms with Crippen molar-refractivity contribution in [2.24, 2.45) is 11.3 Å². The summed E-state index contributed by atoms with van der Waals surface area (Å²) in [6.45, 7) is 7.79. The van der Waals surface area contributed by atoms with E-state index in [1.54, 1.807) is 17.2 Å². The molecule has 6 aliphatic rings. The van der Waals surface area contributed by atoms with E-state index in [0.29, 0.717) is 66.4 Å². The normalized spacial score (nSPS) is 21.7. The maximum atomic E-state index is 14.4. The number of likely N-dealkylation sites (tertiary alicyclic amines) is 1. The van der Waals surface area contributed by atoms with Crippen molar-refractivity contribution in [2.45, 2.75) is 62.6 Å². The monoisotopic (exact) mass is 905 g/mol. The number of amides is 3. The summed E-state index contributed by atoms with van der Waals surface area (Å²) in [6.07, 6.45) is 8.02. The van der Waals surface area contributed by atoms with Crippen LogP contribution in [0.25, 0.3) is 11.0 Å². The number of nitrogens with zero attached hydrogens (tertiary/aromatic N) is 7. The Bertz CT molecular complexity index is 2830. The minimum atomic E-state index is -4.32. The minimum absolute atomic E-state index is 0.0271. The molecular weight excluding hydrogens is 855 g/mol. The van der Waals surface area contributed by atoms with Gasteiger partial charge >= 0.3 is 0 Å². The number of fused-ring (bicyclic) bond motifs is 4. The third-order valence-corrected chi connectivity index (χ3v) is 15.8. The van der Waals surface area contributed by atoms with Crippen molar-refractivity contribution in [1.29, 1.82) is 0 Å². The molecule has 6 aliphatic heterocycles. The predicted molar refractivity (Wildman–Crippen MR) is 238 cm³/mol. The number of nitrogens with one attached hydrogen (secondary N) is 2. The van der Waals surface area contributed by atoms with E-state index in [9.17, 15) is 22.8 Å². The molecule has 8 heterocycles. The van der Waals surface area contributed by atoms with Crippen LogP contribution in [0.15, 0.2) is 64.3 Å². The van der Waals surface area contributed by atoms with E-state index in [-0.39, 0.29) is 45.9 Å². The highest BCUT2D eigenvalue weighted by molar-refractivity contribution is 7.93. The van der Waals surface area contributed by atoms with E-state index < -0.39 is 22.0 Å². The SMILES string of the molecule is COc1ccc(N2CC3(CCN(C[C@@H]4CCN(c5ccc6c(c5)CN([C@H]5CCC(=O)NC5=O)C6=O)C4)CC3)C2)c(OC)c1S(=O)(=O)Nc1noc2cc(Cn3cccn3)c3c(c12)OCC3. The number of carbonyl (C=O) groups is 3. The Hall–Kier alpha value is -6.34. The number of methoxy groups -OCH3 is 2. The van der Waals surface area contributed by atoms with Gasteiger partial charge < -0.3 is 38.3 Å². The van der Waals surface area contributed by atoms with Crippen molar-refractivity contribution >= 4 is 55.9 Å². The molecule has 0 unspecified atom stereocenters. The summed E-state index contributed by atoms with van der Waals surface area (Å²) in [4.78, 5) is 46.1. The van der Waals surface area contributed by atoms with Gasteiger partial charge in [0.25, 0.3) is 15.9 Å². The van der Waals surface area contributed by atoms with Crippen molar-refractivity contribution < 1.29 is 41.5 Å². The second kappa shape index (κ2) is 16.0. The van der Waals surface area contributed by atoms with Crippen LogP contribution in [-0.4, -0.2) is 124 Å². The Balaban J connectivity index is 0.724. The van der Waals surface area contributed by atoms with Crippen molar-refractivity contribution in [3.05, 3.63) is 77.1 Å². The molecule has 5 aromatic rings. The van der Waals surface area contributed by atoms with E-state index in [4.69, 9.17) is 18.7 Å². The zero-order valence-electron chi connectivity index (χ0n) is 36.4. The predicted octanol–water partition coefficient (Wildman–Crippen LogP) is 4.02. The lowest BCUT2D eigenvalue weighted by molar-refractivity contribution is -0.136. The second-order valence-electron chi connectivity index (χ2n) is 18.3. The highest BCUT2D eigenvalue weighted by Crippen LogP contribution is 2.50. The topological polar surface area (TPSA) is 194 Å². The molecule has 18 nitrogen and oxygen atoms in total. The standard InChI is InChI=1S/C46H51N9O9S/c1-61-36-8-6-34(41(62-2)42(36)65(59,60)50-43-39-37(64-49-43)21-30(24-54-15-3-14-47-54)32-11-19-63-40(32)39)53-26-46(27-53)12-17-51(18-13-46)22-28-10-16-52(23-28)31-4-5-33-29(20-31)25-55(45(33)58)35-7-9-38(56)48-44(35)57/h3-6,8,14-15,20-21,28,35H,7,9-13,16-19,22-27H2,1-2H3,(H,49,50)(H,48,56,57)/t28-,35-/m0/s1.